The third-order valence-electron chi connectivity index (χ3n) is 4.16. The summed E-state index contributed by atoms with van der Waals surface area (Å²) in [4.78, 5) is 11.9. The topological polar surface area (TPSA) is 55.1 Å². The van der Waals surface area contributed by atoms with Gasteiger partial charge in [0.25, 0.3) is 0 Å². The molecular formula is C12H22N2O. The molecule has 2 rings (SSSR count). The molecule has 2 aliphatic carbocycles. The lowest BCUT2D eigenvalue weighted by Crippen LogP contribution is -2.44. The monoisotopic (exact) mass is 210 g/mol. The third kappa shape index (κ3) is 2.33. The van der Waals surface area contributed by atoms with Gasteiger partial charge in [0, 0.05) is 12.6 Å². The molecule has 0 aromatic rings. The Bertz CT molecular complexity index is 248. The average molecular weight is 210 g/mol. The lowest BCUT2D eigenvalue weighted by Gasteiger charge is -2.38. The minimum atomic E-state index is 0.0775. The summed E-state index contributed by atoms with van der Waals surface area (Å²) < 4.78 is 0. The van der Waals surface area contributed by atoms with Crippen LogP contribution in [0.3, 0.4) is 0 Å². The highest BCUT2D eigenvalue weighted by Gasteiger charge is 2.34. The first-order chi connectivity index (χ1) is 7.11. The van der Waals surface area contributed by atoms with Crippen molar-refractivity contribution in [2.45, 2.75) is 51.5 Å². The van der Waals surface area contributed by atoms with Crippen LogP contribution in [-0.4, -0.2) is 18.5 Å². The van der Waals surface area contributed by atoms with Crippen LogP contribution in [0, 0.1) is 11.3 Å². The molecule has 0 bridgehead atoms. The van der Waals surface area contributed by atoms with Crippen LogP contribution >= 0.6 is 0 Å². The van der Waals surface area contributed by atoms with Gasteiger partial charge in [0.1, 0.15) is 0 Å². The van der Waals surface area contributed by atoms with Crippen LogP contribution in [0.2, 0.25) is 0 Å². The van der Waals surface area contributed by atoms with Gasteiger partial charge in [-0.15, -0.1) is 0 Å². The van der Waals surface area contributed by atoms with E-state index in [9.17, 15) is 4.79 Å². The van der Waals surface area contributed by atoms with Crippen LogP contribution in [0.25, 0.3) is 0 Å². The van der Waals surface area contributed by atoms with Gasteiger partial charge in [-0.1, -0.05) is 19.8 Å². The van der Waals surface area contributed by atoms with Gasteiger partial charge < -0.3 is 11.1 Å². The van der Waals surface area contributed by atoms with Crippen molar-refractivity contribution in [3.05, 3.63) is 0 Å². The quantitative estimate of drug-likeness (QED) is 0.740. The Kier molecular flexibility index (Phi) is 3.01. The first-order valence-electron chi connectivity index (χ1n) is 6.14. The summed E-state index contributed by atoms with van der Waals surface area (Å²) in [5, 5.41) is 3.08. The molecule has 86 valence electrons. The zero-order valence-corrected chi connectivity index (χ0v) is 9.59. The van der Waals surface area contributed by atoms with E-state index in [2.05, 4.69) is 12.2 Å². The molecule has 15 heavy (non-hydrogen) atoms. The number of hydrogen-bond donors (Lipinski definition) is 2. The molecule has 1 amide bonds. The first kappa shape index (κ1) is 10.9. The maximum absolute atomic E-state index is 11.9. The Balaban J connectivity index is 1.76. The summed E-state index contributed by atoms with van der Waals surface area (Å²) >= 11 is 0. The molecule has 2 aliphatic rings. The predicted octanol–water partition coefficient (Wildman–Crippen LogP) is 1.42. The van der Waals surface area contributed by atoms with E-state index in [1.165, 1.54) is 19.3 Å². The number of hydrogen-bond acceptors (Lipinski definition) is 2. The minimum absolute atomic E-state index is 0.0775. The van der Waals surface area contributed by atoms with Gasteiger partial charge in [0.2, 0.25) is 5.91 Å². The average Bonchev–Trinajstić information content (AvgIpc) is 2.58. The largest absolute Gasteiger partial charge is 0.355 e. The highest BCUT2D eigenvalue weighted by atomic mass is 16.1. The first-order valence-corrected chi connectivity index (χ1v) is 6.14. The Morgan fingerprint density at radius 1 is 1.40 bits per heavy atom. The fourth-order valence-electron chi connectivity index (χ4n) is 2.70. The Morgan fingerprint density at radius 3 is 2.60 bits per heavy atom. The normalized spacial score (nSPS) is 33.5. The van der Waals surface area contributed by atoms with E-state index in [0.717, 1.165) is 25.8 Å². The molecule has 2 atom stereocenters. The van der Waals surface area contributed by atoms with E-state index in [1.54, 1.807) is 0 Å². The predicted molar refractivity (Wildman–Crippen MR) is 60.3 cm³/mol. The van der Waals surface area contributed by atoms with Crippen LogP contribution in [0.1, 0.15) is 45.4 Å². The molecule has 0 spiro atoms. The van der Waals surface area contributed by atoms with Crippen molar-refractivity contribution in [3.8, 4) is 0 Å². The van der Waals surface area contributed by atoms with Gasteiger partial charge in [0.15, 0.2) is 0 Å². The lowest BCUT2D eigenvalue weighted by molar-refractivity contribution is -0.125. The Morgan fingerprint density at radius 2 is 2.13 bits per heavy atom. The summed E-state index contributed by atoms with van der Waals surface area (Å²) in [6, 6.07) is 0.0965. The van der Waals surface area contributed by atoms with Crippen LogP contribution in [0.4, 0.5) is 0 Å². The second-order valence-corrected chi connectivity index (χ2v) is 5.58. The van der Waals surface area contributed by atoms with Gasteiger partial charge in [-0.05, 0) is 31.1 Å². The third-order valence-corrected chi connectivity index (χ3v) is 4.16. The van der Waals surface area contributed by atoms with E-state index in [4.69, 9.17) is 5.73 Å². The fourth-order valence-corrected chi connectivity index (χ4v) is 2.70. The van der Waals surface area contributed by atoms with Crippen molar-refractivity contribution in [1.29, 1.82) is 0 Å². The molecule has 3 N–H and O–H groups in total. The molecular weight excluding hydrogens is 188 g/mol. The number of carbonyl (C=O) groups is 1. The zero-order valence-electron chi connectivity index (χ0n) is 9.59. The fraction of sp³-hybridized carbons (Fsp3) is 0.917. The number of rotatable bonds is 3. The molecule has 0 aliphatic heterocycles. The number of nitrogens with two attached hydrogens (primary N) is 1. The van der Waals surface area contributed by atoms with Gasteiger partial charge in [-0.25, -0.2) is 0 Å². The Hall–Kier alpha value is -0.570. The molecule has 3 nitrogen and oxygen atoms in total. The zero-order chi connectivity index (χ0) is 10.9. The number of amides is 1. The van der Waals surface area contributed by atoms with E-state index in [0.29, 0.717) is 5.41 Å². The van der Waals surface area contributed by atoms with E-state index in [1.807, 2.05) is 0 Å². The van der Waals surface area contributed by atoms with Crippen LogP contribution < -0.4 is 11.1 Å². The van der Waals surface area contributed by atoms with Gasteiger partial charge in [0.05, 0.1) is 5.92 Å². The SMILES string of the molecule is CC1(CNC(=O)[C@H]2CCC[C@H]2N)CCC1. The summed E-state index contributed by atoms with van der Waals surface area (Å²) in [6.07, 6.45) is 6.92. The molecule has 0 heterocycles. The highest BCUT2D eigenvalue weighted by molar-refractivity contribution is 5.79. The van der Waals surface area contributed by atoms with Gasteiger partial charge in [-0.3, -0.25) is 4.79 Å². The van der Waals surface area contributed by atoms with Crippen LogP contribution in [0.5, 0.6) is 0 Å². The molecule has 0 radical (unpaired) electrons. The van der Waals surface area contributed by atoms with E-state index >= 15 is 0 Å². The minimum Gasteiger partial charge on any atom is -0.355 e. The van der Waals surface area contributed by atoms with Crippen molar-refractivity contribution >= 4 is 5.91 Å². The standard InChI is InChI=1S/C12H22N2O/c1-12(6-3-7-12)8-14-11(15)9-4-2-5-10(9)13/h9-10H,2-8,13H2,1H3,(H,14,15)/t9-,10+/m0/s1. The van der Waals surface area contributed by atoms with Gasteiger partial charge >= 0.3 is 0 Å². The van der Waals surface area contributed by atoms with E-state index < -0.39 is 0 Å². The maximum Gasteiger partial charge on any atom is 0.224 e. The van der Waals surface area contributed by atoms with Crippen molar-refractivity contribution in [1.82, 2.24) is 5.32 Å². The summed E-state index contributed by atoms with van der Waals surface area (Å²) in [5.41, 5.74) is 6.28. The van der Waals surface area contributed by atoms with E-state index in [-0.39, 0.29) is 17.9 Å². The smallest absolute Gasteiger partial charge is 0.224 e. The van der Waals surface area contributed by atoms with Gasteiger partial charge in [-0.2, -0.15) is 0 Å². The Labute approximate surface area is 91.8 Å². The number of nitrogens with one attached hydrogen (secondary N) is 1. The summed E-state index contributed by atoms with van der Waals surface area (Å²) in [7, 11) is 0. The van der Waals surface area contributed by atoms with Crippen molar-refractivity contribution in [3.63, 3.8) is 0 Å². The van der Waals surface area contributed by atoms with Crippen molar-refractivity contribution in [2.24, 2.45) is 17.1 Å². The highest BCUT2D eigenvalue weighted by Crippen LogP contribution is 2.39. The van der Waals surface area contributed by atoms with Crippen LogP contribution in [0.15, 0.2) is 0 Å². The maximum atomic E-state index is 11.9. The molecule has 0 aromatic heterocycles. The summed E-state index contributed by atoms with van der Waals surface area (Å²) in [6.45, 7) is 3.10. The molecule has 0 aromatic carbocycles. The number of carbonyl (C=O) groups excluding carboxylic acids is 1. The van der Waals surface area contributed by atoms with Crippen molar-refractivity contribution in [2.75, 3.05) is 6.54 Å². The second kappa shape index (κ2) is 4.12. The van der Waals surface area contributed by atoms with Crippen LogP contribution in [-0.2, 0) is 4.79 Å². The molecule has 2 saturated carbocycles. The van der Waals surface area contributed by atoms with Crippen molar-refractivity contribution < 1.29 is 4.79 Å². The second-order valence-electron chi connectivity index (χ2n) is 5.58. The molecule has 3 heteroatoms. The molecule has 2 fully saturated rings. The summed E-state index contributed by atoms with van der Waals surface area (Å²) in [5.74, 6) is 0.266. The lowest BCUT2D eigenvalue weighted by atomic mass is 9.70. The molecule has 0 unspecified atom stereocenters. The molecule has 0 saturated heterocycles.